The van der Waals surface area contributed by atoms with Gasteiger partial charge in [0.15, 0.2) is 0 Å². The standard InChI is InChI=1S/C15H23N3O3/c1-5-21-13-8-6-7-12(9-13)10(2)17-11(3)14(19)18-15(20)16-4/h6-11,17H,5H2,1-4H3,(H2,16,18,19,20)/t10-,11+/m1/s1. The number of rotatable bonds is 6. The first-order valence-corrected chi connectivity index (χ1v) is 6.99. The van der Waals surface area contributed by atoms with E-state index in [0.29, 0.717) is 6.61 Å². The van der Waals surface area contributed by atoms with Crippen LogP contribution in [0.4, 0.5) is 4.79 Å². The van der Waals surface area contributed by atoms with Crippen molar-refractivity contribution in [3.63, 3.8) is 0 Å². The largest absolute Gasteiger partial charge is 0.494 e. The number of benzene rings is 1. The Bertz CT molecular complexity index is 491. The summed E-state index contributed by atoms with van der Waals surface area (Å²) < 4.78 is 5.46. The molecule has 0 heterocycles. The van der Waals surface area contributed by atoms with Crippen molar-refractivity contribution in [1.82, 2.24) is 16.0 Å². The van der Waals surface area contributed by atoms with Gasteiger partial charge in [0.25, 0.3) is 0 Å². The van der Waals surface area contributed by atoms with Crippen LogP contribution in [-0.4, -0.2) is 31.6 Å². The van der Waals surface area contributed by atoms with Crippen molar-refractivity contribution in [2.45, 2.75) is 32.9 Å². The molecule has 6 nitrogen and oxygen atoms in total. The fourth-order valence-electron chi connectivity index (χ4n) is 1.87. The molecule has 0 aromatic heterocycles. The summed E-state index contributed by atoms with van der Waals surface area (Å²) in [5.41, 5.74) is 1.01. The van der Waals surface area contributed by atoms with Gasteiger partial charge in [-0.15, -0.1) is 0 Å². The second kappa shape index (κ2) is 8.26. The summed E-state index contributed by atoms with van der Waals surface area (Å²) in [6.07, 6.45) is 0. The van der Waals surface area contributed by atoms with Gasteiger partial charge in [-0.1, -0.05) is 12.1 Å². The highest BCUT2D eigenvalue weighted by Gasteiger charge is 2.18. The summed E-state index contributed by atoms with van der Waals surface area (Å²) in [6.45, 7) is 6.20. The molecule has 6 heteroatoms. The molecule has 0 aliphatic carbocycles. The lowest BCUT2D eigenvalue weighted by atomic mass is 10.1. The molecule has 1 aromatic carbocycles. The van der Waals surface area contributed by atoms with Gasteiger partial charge in [0, 0.05) is 13.1 Å². The van der Waals surface area contributed by atoms with Crippen molar-refractivity contribution in [3.8, 4) is 5.75 Å². The average molecular weight is 293 g/mol. The number of carbonyl (C=O) groups is 2. The zero-order chi connectivity index (χ0) is 15.8. The monoisotopic (exact) mass is 293 g/mol. The molecule has 0 unspecified atom stereocenters. The fourth-order valence-corrected chi connectivity index (χ4v) is 1.87. The molecular formula is C15H23N3O3. The van der Waals surface area contributed by atoms with E-state index in [1.165, 1.54) is 7.05 Å². The van der Waals surface area contributed by atoms with Crippen LogP contribution < -0.4 is 20.7 Å². The van der Waals surface area contributed by atoms with E-state index >= 15 is 0 Å². The van der Waals surface area contributed by atoms with Gasteiger partial charge >= 0.3 is 6.03 Å². The highest BCUT2D eigenvalue weighted by Crippen LogP contribution is 2.19. The predicted molar refractivity (Wildman–Crippen MR) is 81.2 cm³/mol. The Hall–Kier alpha value is -2.08. The highest BCUT2D eigenvalue weighted by atomic mass is 16.5. The Morgan fingerprint density at radius 1 is 1.29 bits per heavy atom. The molecule has 21 heavy (non-hydrogen) atoms. The molecule has 0 saturated heterocycles. The van der Waals surface area contributed by atoms with Gasteiger partial charge < -0.3 is 10.1 Å². The van der Waals surface area contributed by atoms with E-state index in [0.717, 1.165) is 11.3 Å². The van der Waals surface area contributed by atoms with Crippen molar-refractivity contribution in [2.24, 2.45) is 0 Å². The summed E-state index contributed by atoms with van der Waals surface area (Å²) in [5.74, 6) is 0.424. The minimum absolute atomic E-state index is 0.0455. The summed E-state index contributed by atoms with van der Waals surface area (Å²) in [5, 5.41) is 7.73. The minimum atomic E-state index is -0.514. The Morgan fingerprint density at radius 2 is 2.00 bits per heavy atom. The van der Waals surface area contributed by atoms with Crippen LogP contribution in [-0.2, 0) is 4.79 Å². The maximum atomic E-state index is 11.8. The van der Waals surface area contributed by atoms with E-state index in [2.05, 4.69) is 16.0 Å². The first kappa shape index (κ1) is 17.0. The molecule has 0 fully saturated rings. The number of ether oxygens (including phenoxy) is 1. The van der Waals surface area contributed by atoms with Crippen LogP contribution in [0.3, 0.4) is 0 Å². The van der Waals surface area contributed by atoms with Crippen LogP contribution in [0.15, 0.2) is 24.3 Å². The van der Waals surface area contributed by atoms with Crippen LogP contribution in [0.25, 0.3) is 0 Å². The number of hydrogen-bond donors (Lipinski definition) is 3. The van der Waals surface area contributed by atoms with Gasteiger partial charge in [-0.3, -0.25) is 15.4 Å². The SMILES string of the molecule is CCOc1cccc([C@@H](C)N[C@@H](C)C(=O)NC(=O)NC)c1. The van der Waals surface area contributed by atoms with Crippen LogP contribution in [0.5, 0.6) is 5.75 Å². The van der Waals surface area contributed by atoms with Gasteiger partial charge in [-0.05, 0) is 38.5 Å². The third-order valence-electron chi connectivity index (χ3n) is 3.03. The van der Waals surface area contributed by atoms with Crippen LogP contribution in [0, 0.1) is 0 Å². The smallest absolute Gasteiger partial charge is 0.321 e. The molecule has 1 aromatic rings. The van der Waals surface area contributed by atoms with E-state index in [1.807, 2.05) is 38.1 Å². The van der Waals surface area contributed by atoms with Crippen molar-refractivity contribution in [2.75, 3.05) is 13.7 Å². The molecule has 3 amide bonds. The number of nitrogens with one attached hydrogen (secondary N) is 3. The Morgan fingerprint density at radius 3 is 2.62 bits per heavy atom. The Balaban J connectivity index is 2.63. The first-order chi connectivity index (χ1) is 9.97. The molecule has 1 rings (SSSR count). The van der Waals surface area contributed by atoms with E-state index in [9.17, 15) is 9.59 Å². The molecule has 2 atom stereocenters. The van der Waals surface area contributed by atoms with Crippen LogP contribution >= 0.6 is 0 Å². The summed E-state index contributed by atoms with van der Waals surface area (Å²) in [4.78, 5) is 22.9. The van der Waals surface area contributed by atoms with Crippen molar-refractivity contribution in [3.05, 3.63) is 29.8 Å². The second-order valence-electron chi connectivity index (χ2n) is 4.68. The Kier molecular flexibility index (Phi) is 6.68. The van der Waals surface area contributed by atoms with Crippen LogP contribution in [0.2, 0.25) is 0 Å². The third-order valence-corrected chi connectivity index (χ3v) is 3.03. The topological polar surface area (TPSA) is 79.5 Å². The average Bonchev–Trinajstić information content (AvgIpc) is 2.47. The number of carbonyl (C=O) groups excluding carboxylic acids is 2. The highest BCUT2D eigenvalue weighted by molar-refractivity contribution is 5.96. The lowest BCUT2D eigenvalue weighted by molar-refractivity contribution is -0.121. The Labute approximate surface area is 125 Å². The van der Waals surface area contributed by atoms with Crippen molar-refractivity contribution >= 4 is 11.9 Å². The fraction of sp³-hybridized carbons (Fsp3) is 0.467. The molecule has 0 bridgehead atoms. The third kappa shape index (κ3) is 5.43. The number of urea groups is 1. The normalized spacial score (nSPS) is 13.1. The maximum absolute atomic E-state index is 11.8. The number of imide groups is 1. The lowest BCUT2D eigenvalue weighted by Crippen LogP contribution is -2.47. The molecular weight excluding hydrogens is 270 g/mol. The molecule has 0 aliphatic heterocycles. The van der Waals surface area contributed by atoms with E-state index in [4.69, 9.17) is 4.74 Å². The van der Waals surface area contributed by atoms with Crippen LogP contribution in [0.1, 0.15) is 32.4 Å². The van der Waals surface area contributed by atoms with Crippen molar-refractivity contribution in [1.29, 1.82) is 0 Å². The molecule has 0 saturated carbocycles. The molecule has 3 N–H and O–H groups in total. The van der Waals surface area contributed by atoms with Gasteiger partial charge in [0.1, 0.15) is 5.75 Å². The van der Waals surface area contributed by atoms with Gasteiger partial charge in [0.05, 0.1) is 12.6 Å². The number of amides is 3. The van der Waals surface area contributed by atoms with E-state index in [-0.39, 0.29) is 11.9 Å². The van der Waals surface area contributed by atoms with Crippen molar-refractivity contribution < 1.29 is 14.3 Å². The summed E-state index contributed by atoms with van der Waals surface area (Å²) in [6, 6.07) is 6.65. The number of hydrogen-bond acceptors (Lipinski definition) is 4. The van der Waals surface area contributed by atoms with Gasteiger partial charge in [0.2, 0.25) is 5.91 Å². The molecule has 0 spiro atoms. The lowest BCUT2D eigenvalue weighted by Gasteiger charge is -2.20. The quantitative estimate of drug-likeness (QED) is 0.744. The predicted octanol–water partition coefficient (Wildman–Crippen LogP) is 1.58. The minimum Gasteiger partial charge on any atom is -0.494 e. The molecule has 0 aliphatic rings. The van der Waals surface area contributed by atoms with Gasteiger partial charge in [-0.25, -0.2) is 4.79 Å². The zero-order valence-corrected chi connectivity index (χ0v) is 12.9. The van der Waals surface area contributed by atoms with E-state index < -0.39 is 12.1 Å². The molecule has 116 valence electrons. The van der Waals surface area contributed by atoms with Gasteiger partial charge in [-0.2, -0.15) is 0 Å². The summed E-state index contributed by atoms with van der Waals surface area (Å²) >= 11 is 0. The first-order valence-electron chi connectivity index (χ1n) is 6.99. The zero-order valence-electron chi connectivity index (χ0n) is 12.9. The van der Waals surface area contributed by atoms with E-state index in [1.54, 1.807) is 6.92 Å². The summed E-state index contributed by atoms with van der Waals surface area (Å²) in [7, 11) is 1.46. The second-order valence-corrected chi connectivity index (χ2v) is 4.68. The maximum Gasteiger partial charge on any atom is 0.321 e. The molecule has 0 radical (unpaired) electrons.